The standard InChI is InChI=1S/C11H8Cl4O3/c1-11(2,9(15)16)10(17)18-7-4-5(12)3-6(13)8(7)14/h3-4H,1-2H3. The van der Waals surface area contributed by atoms with Gasteiger partial charge in [-0.15, -0.1) is 0 Å². The zero-order valence-corrected chi connectivity index (χ0v) is 12.4. The van der Waals surface area contributed by atoms with Gasteiger partial charge in [0, 0.05) is 11.1 Å². The molecule has 0 spiro atoms. The highest BCUT2D eigenvalue weighted by atomic mass is 35.5. The maximum Gasteiger partial charge on any atom is 0.325 e. The molecule has 1 aromatic carbocycles. The van der Waals surface area contributed by atoms with Crippen LogP contribution in [0.15, 0.2) is 12.1 Å². The quantitative estimate of drug-likeness (QED) is 0.272. The number of benzene rings is 1. The Balaban J connectivity index is 3.06. The van der Waals surface area contributed by atoms with Crippen molar-refractivity contribution in [3.05, 3.63) is 27.2 Å². The lowest BCUT2D eigenvalue weighted by Crippen LogP contribution is -2.34. The monoisotopic (exact) mass is 328 g/mol. The minimum absolute atomic E-state index is 0.0230. The molecular formula is C11H8Cl4O3. The van der Waals surface area contributed by atoms with E-state index < -0.39 is 16.6 Å². The highest BCUT2D eigenvalue weighted by Gasteiger charge is 2.37. The number of halogens is 4. The Morgan fingerprint density at radius 1 is 1.17 bits per heavy atom. The van der Waals surface area contributed by atoms with Crippen LogP contribution in [0.5, 0.6) is 5.75 Å². The number of esters is 1. The number of rotatable bonds is 3. The Kier molecular flexibility index (Phi) is 4.90. The minimum atomic E-state index is -1.49. The first-order valence-corrected chi connectivity index (χ1v) is 6.24. The predicted molar refractivity (Wildman–Crippen MR) is 71.7 cm³/mol. The molecule has 0 amide bonds. The van der Waals surface area contributed by atoms with Gasteiger partial charge in [-0.05, 0) is 31.5 Å². The van der Waals surface area contributed by atoms with E-state index in [9.17, 15) is 9.59 Å². The highest BCUT2D eigenvalue weighted by molar-refractivity contribution is 6.66. The lowest BCUT2D eigenvalue weighted by atomic mass is 9.96. The largest absolute Gasteiger partial charge is 0.424 e. The molecule has 0 atom stereocenters. The van der Waals surface area contributed by atoms with Crippen LogP contribution in [-0.4, -0.2) is 11.2 Å². The highest BCUT2D eigenvalue weighted by Crippen LogP contribution is 2.36. The molecule has 0 heterocycles. The summed E-state index contributed by atoms with van der Waals surface area (Å²) in [7, 11) is 0. The van der Waals surface area contributed by atoms with Crippen molar-refractivity contribution in [1.82, 2.24) is 0 Å². The molecule has 0 radical (unpaired) electrons. The molecule has 1 aromatic rings. The molecule has 0 bridgehead atoms. The molecule has 0 unspecified atom stereocenters. The fourth-order valence-corrected chi connectivity index (χ4v) is 1.61. The van der Waals surface area contributed by atoms with Gasteiger partial charge >= 0.3 is 5.97 Å². The van der Waals surface area contributed by atoms with E-state index in [1.165, 1.54) is 26.0 Å². The van der Waals surface area contributed by atoms with Crippen molar-refractivity contribution in [3.8, 4) is 5.75 Å². The summed E-state index contributed by atoms with van der Waals surface area (Å²) in [6.45, 7) is 2.68. The molecule has 0 saturated heterocycles. The second-order valence-corrected chi connectivity index (χ2v) is 5.55. The van der Waals surface area contributed by atoms with Gasteiger partial charge in [-0.3, -0.25) is 9.59 Å². The predicted octanol–water partition coefficient (Wildman–Crippen LogP) is 4.34. The van der Waals surface area contributed by atoms with Crippen LogP contribution in [0.25, 0.3) is 0 Å². The van der Waals surface area contributed by atoms with Gasteiger partial charge in [-0.1, -0.05) is 34.8 Å². The number of carbonyl (C=O) groups excluding carboxylic acids is 2. The normalized spacial score (nSPS) is 11.2. The Morgan fingerprint density at radius 2 is 1.72 bits per heavy atom. The van der Waals surface area contributed by atoms with Crippen molar-refractivity contribution in [2.24, 2.45) is 5.41 Å². The number of hydrogen-bond donors (Lipinski definition) is 0. The third-order valence-corrected chi connectivity index (χ3v) is 3.64. The zero-order chi connectivity index (χ0) is 14.1. The average molecular weight is 330 g/mol. The van der Waals surface area contributed by atoms with E-state index in [1.54, 1.807) is 0 Å². The average Bonchev–Trinajstić information content (AvgIpc) is 2.24. The lowest BCUT2D eigenvalue weighted by Gasteiger charge is -2.18. The van der Waals surface area contributed by atoms with Crippen molar-refractivity contribution >= 4 is 57.6 Å². The molecule has 0 aromatic heterocycles. The fourth-order valence-electron chi connectivity index (χ4n) is 0.914. The molecule has 18 heavy (non-hydrogen) atoms. The molecule has 0 aliphatic carbocycles. The van der Waals surface area contributed by atoms with Gasteiger partial charge in [0.25, 0.3) is 0 Å². The second kappa shape index (κ2) is 5.66. The van der Waals surface area contributed by atoms with Crippen LogP contribution < -0.4 is 4.74 Å². The van der Waals surface area contributed by atoms with Crippen LogP contribution in [0.2, 0.25) is 15.1 Å². The van der Waals surface area contributed by atoms with Crippen molar-refractivity contribution in [2.45, 2.75) is 13.8 Å². The fraction of sp³-hybridized carbons (Fsp3) is 0.273. The van der Waals surface area contributed by atoms with Crippen LogP contribution in [0.3, 0.4) is 0 Å². The summed E-state index contributed by atoms with van der Waals surface area (Å²) in [6, 6.07) is 2.73. The molecule has 0 saturated carbocycles. The Labute approximate surface area is 124 Å². The molecule has 98 valence electrons. The smallest absolute Gasteiger partial charge is 0.325 e. The SMILES string of the molecule is CC(C)(C(=O)Cl)C(=O)Oc1cc(Cl)cc(Cl)c1Cl. The molecule has 0 aliphatic rings. The van der Waals surface area contributed by atoms with Crippen molar-refractivity contribution in [2.75, 3.05) is 0 Å². The van der Waals surface area contributed by atoms with E-state index in [0.717, 1.165) is 0 Å². The first-order valence-electron chi connectivity index (χ1n) is 4.73. The van der Waals surface area contributed by atoms with Gasteiger partial charge in [0.05, 0.1) is 5.02 Å². The molecule has 1 rings (SSSR count). The van der Waals surface area contributed by atoms with Gasteiger partial charge in [0.1, 0.15) is 10.4 Å². The Bertz CT molecular complexity index is 511. The Hall–Kier alpha value is -0.480. The molecule has 7 heteroatoms. The van der Waals surface area contributed by atoms with E-state index >= 15 is 0 Å². The van der Waals surface area contributed by atoms with Crippen molar-refractivity contribution in [3.63, 3.8) is 0 Å². The van der Waals surface area contributed by atoms with Gasteiger partial charge in [0.2, 0.25) is 5.24 Å². The minimum Gasteiger partial charge on any atom is -0.424 e. The summed E-state index contributed by atoms with van der Waals surface area (Å²) in [4.78, 5) is 22.9. The van der Waals surface area contributed by atoms with E-state index in [4.69, 9.17) is 51.1 Å². The number of carbonyl (C=O) groups is 2. The van der Waals surface area contributed by atoms with E-state index in [1.807, 2.05) is 0 Å². The van der Waals surface area contributed by atoms with Crippen LogP contribution in [0.4, 0.5) is 0 Å². The summed E-state index contributed by atoms with van der Waals surface area (Å²) in [6.07, 6.45) is 0. The van der Waals surface area contributed by atoms with Crippen LogP contribution in [0.1, 0.15) is 13.8 Å². The maximum absolute atomic E-state index is 11.8. The van der Waals surface area contributed by atoms with E-state index in [2.05, 4.69) is 0 Å². The summed E-state index contributed by atoms with van der Waals surface area (Å²) < 4.78 is 4.99. The third-order valence-electron chi connectivity index (χ3n) is 2.16. The van der Waals surface area contributed by atoms with Crippen LogP contribution in [0, 0.1) is 5.41 Å². The van der Waals surface area contributed by atoms with Gasteiger partial charge < -0.3 is 4.74 Å². The summed E-state index contributed by atoms with van der Waals surface area (Å²) in [5.74, 6) is -0.868. The topological polar surface area (TPSA) is 43.4 Å². The molecule has 0 fully saturated rings. The molecule has 3 nitrogen and oxygen atoms in total. The third kappa shape index (κ3) is 3.29. The van der Waals surface area contributed by atoms with E-state index in [0.29, 0.717) is 0 Å². The van der Waals surface area contributed by atoms with Gasteiger partial charge in [-0.2, -0.15) is 0 Å². The second-order valence-electron chi connectivity index (χ2n) is 3.99. The number of ether oxygens (including phenoxy) is 1. The summed E-state index contributed by atoms with van der Waals surface area (Å²) in [5.41, 5.74) is -1.49. The lowest BCUT2D eigenvalue weighted by molar-refractivity contribution is -0.147. The van der Waals surface area contributed by atoms with Crippen molar-refractivity contribution in [1.29, 1.82) is 0 Å². The summed E-state index contributed by atoms with van der Waals surface area (Å²) >= 11 is 22.7. The van der Waals surface area contributed by atoms with Gasteiger partial charge in [-0.25, -0.2) is 0 Å². The summed E-state index contributed by atoms with van der Waals surface area (Å²) in [5, 5.41) is -0.409. The zero-order valence-electron chi connectivity index (χ0n) is 9.39. The van der Waals surface area contributed by atoms with Crippen molar-refractivity contribution < 1.29 is 14.3 Å². The van der Waals surface area contributed by atoms with Crippen LogP contribution in [-0.2, 0) is 9.59 Å². The Morgan fingerprint density at radius 3 is 2.22 bits per heavy atom. The van der Waals surface area contributed by atoms with E-state index in [-0.39, 0.29) is 20.8 Å². The molecule has 0 aliphatic heterocycles. The number of hydrogen-bond acceptors (Lipinski definition) is 3. The van der Waals surface area contributed by atoms with Crippen LogP contribution >= 0.6 is 46.4 Å². The first kappa shape index (κ1) is 15.6. The first-order chi connectivity index (χ1) is 8.16. The maximum atomic E-state index is 11.8. The molecular weight excluding hydrogens is 322 g/mol. The molecule has 0 N–H and O–H groups in total. The van der Waals surface area contributed by atoms with Gasteiger partial charge in [0.15, 0.2) is 5.75 Å².